The molecular formula is C12H15ClN4O2S. The molecule has 0 bridgehead atoms. The number of nitrogens with zero attached hydrogens (tertiary/aromatic N) is 3. The van der Waals surface area contributed by atoms with Crippen LogP contribution in [0.25, 0.3) is 0 Å². The Morgan fingerprint density at radius 3 is 2.40 bits per heavy atom. The third-order valence-corrected chi connectivity index (χ3v) is 4.57. The molecule has 1 aromatic carbocycles. The van der Waals surface area contributed by atoms with E-state index in [1.165, 1.54) is 12.1 Å². The third-order valence-electron chi connectivity index (χ3n) is 3.32. The highest BCUT2D eigenvalue weighted by Gasteiger charge is 2.23. The number of sulfonamides is 1. The number of hydrogen-bond acceptors (Lipinski definition) is 5. The summed E-state index contributed by atoms with van der Waals surface area (Å²) in [6, 6.07) is 4.61. The van der Waals surface area contributed by atoms with Crippen LogP contribution in [0.15, 0.2) is 17.0 Å². The van der Waals surface area contributed by atoms with Crippen LogP contribution in [0.1, 0.15) is 5.56 Å². The molecular weight excluding hydrogens is 300 g/mol. The Morgan fingerprint density at radius 1 is 1.30 bits per heavy atom. The van der Waals surface area contributed by atoms with Crippen molar-refractivity contribution in [2.75, 3.05) is 38.1 Å². The van der Waals surface area contributed by atoms with E-state index in [0.717, 1.165) is 13.1 Å². The summed E-state index contributed by atoms with van der Waals surface area (Å²) in [5, 5.41) is 14.4. The van der Waals surface area contributed by atoms with E-state index >= 15 is 0 Å². The summed E-state index contributed by atoms with van der Waals surface area (Å²) in [7, 11) is -1.91. The molecule has 0 radical (unpaired) electrons. The maximum atomic E-state index is 11.7. The first-order chi connectivity index (χ1) is 9.32. The van der Waals surface area contributed by atoms with Gasteiger partial charge in [-0.25, -0.2) is 13.6 Å². The van der Waals surface area contributed by atoms with Crippen molar-refractivity contribution >= 4 is 27.3 Å². The predicted octanol–water partition coefficient (Wildman–Crippen LogP) is 0.611. The number of hydrogen-bond donors (Lipinski definition) is 1. The van der Waals surface area contributed by atoms with Gasteiger partial charge in [-0.2, -0.15) is 5.26 Å². The van der Waals surface area contributed by atoms with Crippen LogP contribution in [0.3, 0.4) is 0 Å². The van der Waals surface area contributed by atoms with Crippen LogP contribution in [0.5, 0.6) is 0 Å². The monoisotopic (exact) mass is 314 g/mol. The molecule has 0 aliphatic carbocycles. The molecule has 0 spiro atoms. The van der Waals surface area contributed by atoms with Crippen molar-refractivity contribution in [2.45, 2.75) is 4.90 Å². The summed E-state index contributed by atoms with van der Waals surface area (Å²) >= 11 is 6.00. The lowest BCUT2D eigenvalue weighted by Gasteiger charge is -2.35. The number of piperazine rings is 1. The number of primary sulfonamides is 1. The number of nitrogens with two attached hydrogens (primary N) is 1. The van der Waals surface area contributed by atoms with Crippen LogP contribution in [0.4, 0.5) is 5.69 Å². The van der Waals surface area contributed by atoms with Crippen molar-refractivity contribution in [1.82, 2.24) is 4.90 Å². The van der Waals surface area contributed by atoms with Gasteiger partial charge in [0.15, 0.2) is 0 Å². The molecule has 1 aromatic rings. The van der Waals surface area contributed by atoms with Gasteiger partial charge in [-0.1, -0.05) is 11.6 Å². The van der Waals surface area contributed by atoms with Crippen molar-refractivity contribution in [1.29, 1.82) is 5.26 Å². The molecule has 1 aliphatic heterocycles. The van der Waals surface area contributed by atoms with Gasteiger partial charge < -0.3 is 9.80 Å². The first-order valence-electron chi connectivity index (χ1n) is 6.03. The van der Waals surface area contributed by atoms with Crippen LogP contribution >= 0.6 is 11.6 Å². The number of halogens is 1. The summed E-state index contributed by atoms with van der Waals surface area (Å²) in [4.78, 5) is 4.02. The molecule has 0 atom stereocenters. The topological polar surface area (TPSA) is 90.4 Å². The van der Waals surface area contributed by atoms with Gasteiger partial charge >= 0.3 is 0 Å². The van der Waals surface area contributed by atoms with Gasteiger partial charge in [0.05, 0.1) is 16.3 Å². The lowest BCUT2D eigenvalue weighted by atomic mass is 10.2. The number of nitriles is 1. The van der Waals surface area contributed by atoms with Gasteiger partial charge in [0.1, 0.15) is 11.0 Å². The number of anilines is 1. The smallest absolute Gasteiger partial charge is 0.240 e. The van der Waals surface area contributed by atoms with E-state index in [1.807, 2.05) is 18.0 Å². The highest BCUT2D eigenvalue weighted by molar-refractivity contribution is 7.89. The zero-order valence-electron chi connectivity index (χ0n) is 11.0. The highest BCUT2D eigenvalue weighted by Crippen LogP contribution is 2.31. The molecule has 2 N–H and O–H groups in total. The van der Waals surface area contributed by atoms with E-state index in [0.29, 0.717) is 18.8 Å². The largest absolute Gasteiger partial charge is 0.368 e. The number of rotatable bonds is 2. The molecule has 1 fully saturated rings. The molecule has 20 heavy (non-hydrogen) atoms. The summed E-state index contributed by atoms with van der Waals surface area (Å²) in [6.45, 7) is 3.01. The summed E-state index contributed by atoms with van der Waals surface area (Å²) < 4.78 is 23.5. The highest BCUT2D eigenvalue weighted by atomic mass is 35.5. The maximum absolute atomic E-state index is 11.7. The molecule has 0 unspecified atom stereocenters. The Labute approximate surface area is 123 Å². The fourth-order valence-corrected chi connectivity index (χ4v) is 3.11. The molecule has 2 rings (SSSR count). The van der Waals surface area contributed by atoms with E-state index in [4.69, 9.17) is 22.0 Å². The van der Waals surface area contributed by atoms with E-state index in [2.05, 4.69) is 4.90 Å². The van der Waals surface area contributed by atoms with Crippen molar-refractivity contribution in [3.8, 4) is 6.07 Å². The minimum atomic E-state index is -3.91. The van der Waals surface area contributed by atoms with Crippen LogP contribution in [0, 0.1) is 11.3 Å². The first kappa shape index (κ1) is 15.1. The number of benzene rings is 1. The van der Waals surface area contributed by atoms with Crippen molar-refractivity contribution in [2.24, 2.45) is 5.14 Å². The zero-order valence-corrected chi connectivity index (χ0v) is 12.6. The molecule has 8 heteroatoms. The molecule has 0 amide bonds. The fraction of sp³-hybridized carbons (Fsp3) is 0.417. The van der Waals surface area contributed by atoms with Gasteiger partial charge in [0, 0.05) is 26.2 Å². The average Bonchev–Trinajstić information content (AvgIpc) is 2.38. The molecule has 1 heterocycles. The lowest BCUT2D eigenvalue weighted by molar-refractivity contribution is 0.312. The van der Waals surface area contributed by atoms with Crippen molar-refractivity contribution in [3.05, 3.63) is 22.7 Å². The minimum Gasteiger partial charge on any atom is -0.368 e. The van der Waals surface area contributed by atoms with E-state index in [-0.39, 0.29) is 15.5 Å². The molecule has 6 nitrogen and oxygen atoms in total. The number of likely N-dealkylation sites (N-methyl/N-ethyl adjacent to an activating group) is 1. The summed E-state index contributed by atoms with van der Waals surface area (Å²) in [5.74, 6) is 0. The predicted molar refractivity (Wildman–Crippen MR) is 77.3 cm³/mol. The Kier molecular flexibility index (Phi) is 4.20. The van der Waals surface area contributed by atoms with Crippen LogP contribution in [0.2, 0.25) is 5.02 Å². The van der Waals surface area contributed by atoms with E-state index in [1.54, 1.807) is 0 Å². The van der Waals surface area contributed by atoms with Gasteiger partial charge in [0.25, 0.3) is 0 Å². The lowest BCUT2D eigenvalue weighted by Crippen LogP contribution is -2.45. The Morgan fingerprint density at radius 2 is 1.90 bits per heavy atom. The standard InChI is InChI=1S/C12H15ClN4O2S/c1-16-2-4-17(5-3-16)11-7-10(13)9(8-14)6-12(11)20(15,18)19/h6-7H,2-5H2,1H3,(H2,15,18,19). The van der Waals surface area contributed by atoms with Crippen molar-refractivity contribution in [3.63, 3.8) is 0 Å². The van der Waals surface area contributed by atoms with Gasteiger partial charge in [0.2, 0.25) is 10.0 Å². The zero-order chi connectivity index (χ0) is 14.9. The quantitative estimate of drug-likeness (QED) is 0.863. The molecule has 0 aromatic heterocycles. The second-order valence-corrected chi connectivity index (χ2v) is 6.68. The summed E-state index contributed by atoms with van der Waals surface area (Å²) in [5.41, 5.74) is 0.568. The maximum Gasteiger partial charge on any atom is 0.240 e. The van der Waals surface area contributed by atoms with Crippen molar-refractivity contribution < 1.29 is 8.42 Å². The Hall–Kier alpha value is -1.33. The third kappa shape index (κ3) is 3.04. The second kappa shape index (κ2) is 5.58. The van der Waals surface area contributed by atoms with Gasteiger partial charge in [-0.15, -0.1) is 0 Å². The van der Waals surface area contributed by atoms with E-state index in [9.17, 15) is 8.42 Å². The Balaban J connectivity index is 2.52. The average molecular weight is 315 g/mol. The molecule has 1 aliphatic rings. The Bertz CT molecular complexity index is 661. The van der Waals surface area contributed by atoms with Crippen LogP contribution in [-0.2, 0) is 10.0 Å². The molecule has 1 saturated heterocycles. The summed E-state index contributed by atoms with van der Waals surface area (Å²) in [6.07, 6.45) is 0. The second-order valence-electron chi connectivity index (χ2n) is 4.75. The van der Waals surface area contributed by atoms with Gasteiger partial charge in [-0.3, -0.25) is 0 Å². The van der Waals surface area contributed by atoms with Gasteiger partial charge in [-0.05, 0) is 19.2 Å². The van der Waals surface area contributed by atoms with Crippen LogP contribution in [-0.4, -0.2) is 46.5 Å². The molecule has 0 saturated carbocycles. The minimum absolute atomic E-state index is 0.0528. The van der Waals surface area contributed by atoms with Crippen LogP contribution < -0.4 is 10.0 Å². The fourth-order valence-electron chi connectivity index (χ4n) is 2.15. The SMILES string of the molecule is CN1CCN(c2cc(Cl)c(C#N)cc2S(N)(=O)=O)CC1. The first-order valence-corrected chi connectivity index (χ1v) is 7.95. The van der Waals surface area contributed by atoms with E-state index < -0.39 is 10.0 Å². The molecule has 108 valence electrons. The normalized spacial score (nSPS) is 17.0.